The number of anilines is 1. The fourth-order valence-corrected chi connectivity index (χ4v) is 7.85. The number of benzene rings is 2. The lowest BCUT2D eigenvalue weighted by molar-refractivity contribution is -0.123. The predicted molar refractivity (Wildman–Crippen MR) is 194 cm³/mol. The van der Waals surface area contributed by atoms with Gasteiger partial charge in [-0.3, -0.25) is 19.0 Å². The third-order valence-electron chi connectivity index (χ3n) is 9.92. The molecule has 1 saturated carbocycles. The molecule has 7 rings (SSSR count). The van der Waals surface area contributed by atoms with Crippen LogP contribution in [-0.2, 0) is 35.5 Å². The molecule has 0 spiro atoms. The van der Waals surface area contributed by atoms with Crippen molar-refractivity contribution in [3.8, 4) is 23.0 Å². The van der Waals surface area contributed by atoms with Crippen LogP contribution in [0.1, 0.15) is 85.9 Å². The van der Waals surface area contributed by atoms with Gasteiger partial charge in [0.2, 0.25) is 11.8 Å². The van der Waals surface area contributed by atoms with Crippen molar-refractivity contribution in [2.24, 2.45) is 13.0 Å². The van der Waals surface area contributed by atoms with Gasteiger partial charge in [-0.05, 0) is 80.8 Å². The summed E-state index contributed by atoms with van der Waals surface area (Å²) in [5.41, 5.74) is -1.72. The number of hydrogen-bond donors (Lipinski definition) is 3. The van der Waals surface area contributed by atoms with Gasteiger partial charge in [0.25, 0.3) is 12.3 Å². The number of fused-ring (bicyclic) bond motifs is 4. The minimum absolute atomic E-state index is 0.0753. The Kier molecular flexibility index (Phi) is 9.90. The van der Waals surface area contributed by atoms with Gasteiger partial charge in [0.1, 0.15) is 40.9 Å². The van der Waals surface area contributed by atoms with Crippen LogP contribution in [0, 0.1) is 29.4 Å². The Morgan fingerprint density at radius 3 is 2.38 bits per heavy atom. The third-order valence-corrected chi connectivity index (χ3v) is 10.2. The average Bonchev–Trinajstić information content (AvgIpc) is 3.64. The number of halogens is 7. The van der Waals surface area contributed by atoms with Gasteiger partial charge in [-0.25, -0.2) is 22.5 Å². The van der Waals surface area contributed by atoms with E-state index in [0.29, 0.717) is 39.2 Å². The zero-order valence-corrected chi connectivity index (χ0v) is 31.1. The van der Waals surface area contributed by atoms with Gasteiger partial charge in [0.15, 0.2) is 5.82 Å². The van der Waals surface area contributed by atoms with Crippen molar-refractivity contribution in [3.63, 3.8) is 0 Å². The molecule has 2 aliphatic carbocycles. The van der Waals surface area contributed by atoms with E-state index >= 15 is 8.78 Å². The largest absolute Gasteiger partial charge is 0.378 e. The van der Waals surface area contributed by atoms with Crippen LogP contribution < -0.4 is 10.6 Å². The van der Waals surface area contributed by atoms with Crippen LogP contribution in [0.2, 0.25) is 5.02 Å². The lowest BCUT2D eigenvalue weighted by Gasteiger charge is -2.34. The summed E-state index contributed by atoms with van der Waals surface area (Å²) in [4.78, 5) is 30.8. The van der Waals surface area contributed by atoms with Crippen molar-refractivity contribution in [2.75, 3.05) is 5.32 Å². The molecule has 3 atom stereocenters. The summed E-state index contributed by atoms with van der Waals surface area (Å²) in [6.07, 6.45) is -3.04. The van der Waals surface area contributed by atoms with Crippen molar-refractivity contribution in [2.45, 2.75) is 76.5 Å². The molecule has 3 N–H and O–H groups in total. The summed E-state index contributed by atoms with van der Waals surface area (Å²) in [5.74, 6) is -3.05. The first-order valence-corrected chi connectivity index (χ1v) is 17.9. The summed E-state index contributed by atoms with van der Waals surface area (Å²) >= 11 is 6.62. The fourth-order valence-electron chi connectivity index (χ4n) is 7.60. The molecule has 17 heteroatoms. The van der Waals surface area contributed by atoms with Gasteiger partial charge in [-0.1, -0.05) is 23.6 Å². The molecule has 3 aromatic heterocycles. The normalized spacial score (nSPS) is 17.5. The Morgan fingerprint density at radius 2 is 1.75 bits per heavy atom. The monoisotopic (exact) mass is 797 g/mol. The molecule has 0 saturated heterocycles. The molecule has 2 aliphatic rings. The molecule has 2 amide bonds. The number of alkyl halides is 4. The number of hydrogen-bond acceptors (Lipinski definition) is 6. The molecular formula is C39H34ClF6N7O3. The molecule has 56 heavy (non-hydrogen) atoms. The molecule has 0 unspecified atom stereocenters. The second kappa shape index (κ2) is 14.3. The third kappa shape index (κ3) is 7.21. The first kappa shape index (κ1) is 38.9. The Bertz CT molecular complexity index is 2460. The van der Waals surface area contributed by atoms with Gasteiger partial charge in [-0.15, -0.1) is 0 Å². The summed E-state index contributed by atoms with van der Waals surface area (Å²) in [5, 5.41) is 24.5. The summed E-state index contributed by atoms with van der Waals surface area (Å²) in [6.45, 7) is 3.32. The fraction of sp³-hybridized carbons (Fsp3) is 0.359. The lowest BCUT2D eigenvalue weighted by Crippen LogP contribution is -2.36. The van der Waals surface area contributed by atoms with Gasteiger partial charge < -0.3 is 15.7 Å². The molecule has 3 heterocycles. The predicted octanol–water partition coefficient (Wildman–Crippen LogP) is 7.48. The van der Waals surface area contributed by atoms with E-state index < -0.39 is 77.2 Å². The van der Waals surface area contributed by atoms with E-state index in [-0.39, 0.29) is 46.2 Å². The zero-order chi connectivity index (χ0) is 40.4. The van der Waals surface area contributed by atoms with E-state index in [0.717, 1.165) is 12.1 Å². The second-order valence-corrected chi connectivity index (χ2v) is 14.9. The molecule has 0 bridgehead atoms. The number of aliphatic hydroxyl groups is 1. The number of pyridine rings is 1. The number of aromatic nitrogens is 5. The van der Waals surface area contributed by atoms with Gasteiger partial charge >= 0.3 is 0 Å². The lowest BCUT2D eigenvalue weighted by atomic mass is 9.73. The highest BCUT2D eigenvalue weighted by molar-refractivity contribution is 6.37. The number of nitrogens with one attached hydrogen (secondary N) is 2. The molecular weight excluding hydrogens is 764 g/mol. The number of carbonyl (C=O) groups excluding carboxylic acids is 2. The number of aryl methyl sites for hydroxylation is 1. The van der Waals surface area contributed by atoms with Crippen LogP contribution in [0.25, 0.3) is 22.0 Å². The Hall–Kier alpha value is -5.40. The quantitative estimate of drug-likeness (QED) is 0.105. The number of carbonyl (C=O) groups is 2. The van der Waals surface area contributed by atoms with Crippen LogP contribution in [-0.4, -0.2) is 47.1 Å². The van der Waals surface area contributed by atoms with Crippen molar-refractivity contribution in [1.29, 1.82) is 0 Å². The van der Waals surface area contributed by atoms with Crippen LogP contribution >= 0.6 is 11.6 Å². The zero-order valence-electron chi connectivity index (χ0n) is 30.3. The highest BCUT2D eigenvalue weighted by Crippen LogP contribution is 2.63. The minimum Gasteiger partial charge on any atom is -0.378 e. The molecule has 0 aliphatic heterocycles. The van der Waals surface area contributed by atoms with Gasteiger partial charge in [-0.2, -0.15) is 19.0 Å². The summed E-state index contributed by atoms with van der Waals surface area (Å²) in [7, 11) is 1.61. The van der Waals surface area contributed by atoms with Crippen LogP contribution in [0.15, 0.2) is 42.5 Å². The van der Waals surface area contributed by atoms with E-state index in [1.54, 1.807) is 31.3 Å². The van der Waals surface area contributed by atoms with E-state index in [1.807, 2.05) is 0 Å². The minimum atomic E-state index is -3.50. The molecule has 2 aromatic carbocycles. The van der Waals surface area contributed by atoms with Crippen LogP contribution in [0.3, 0.4) is 0 Å². The van der Waals surface area contributed by atoms with Gasteiger partial charge in [0.05, 0.1) is 27.7 Å². The molecule has 5 aromatic rings. The van der Waals surface area contributed by atoms with Crippen molar-refractivity contribution in [3.05, 3.63) is 93.0 Å². The number of rotatable bonds is 9. The van der Waals surface area contributed by atoms with Crippen molar-refractivity contribution < 1.29 is 41.0 Å². The Balaban J connectivity index is 1.38. The molecule has 292 valence electrons. The number of amides is 2. The molecule has 10 nitrogen and oxygen atoms in total. The molecule has 1 fully saturated rings. The van der Waals surface area contributed by atoms with Crippen LogP contribution in [0.4, 0.5) is 32.2 Å². The molecule has 0 radical (unpaired) electrons. The standard InChI is InChI=1S/C39H34ClF6N7O3/c1-18(54)47-37-31-27(40)10-8-24(34(31)52(4)51-37)23-6-5-22(11-12-38(2,3)56)48-32(23)28(15-19-13-20(41)16-21(42)14-19)49-29(55)17-53-35-30(33(50-53)36(43)44)25-7-9-26(25)39(35,45)46/h5-6,8,10,13-14,16,25-26,28,36,56H,7,9,15,17H2,1-4H3,(H,49,55)(H,47,51,54)/t25-,26+,28-/m0/s1. The smallest absolute Gasteiger partial charge is 0.293 e. The first-order chi connectivity index (χ1) is 26.3. The first-order valence-electron chi connectivity index (χ1n) is 17.5. The SMILES string of the molecule is CC(=O)Nc1nn(C)c2c(-c3ccc(C#CC(C)(C)O)nc3[C@H](Cc3cc(F)cc(F)c3)NC(=O)Cn3nc(C(F)F)c4c3C(F)(F)[C@@H]3CC[C@H]43)ccc(Cl)c12. The van der Waals surface area contributed by atoms with Crippen molar-refractivity contribution >= 4 is 40.1 Å². The maximum Gasteiger partial charge on any atom is 0.293 e. The topological polar surface area (TPSA) is 127 Å². The average molecular weight is 798 g/mol. The van der Waals surface area contributed by atoms with E-state index in [4.69, 9.17) is 16.6 Å². The maximum absolute atomic E-state index is 15.6. The second-order valence-electron chi connectivity index (χ2n) is 14.5. The Labute approximate surface area is 321 Å². The van der Waals surface area contributed by atoms with E-state index in [1.165, 1.54) is 25.5 Å². The maximum atomic E-state index is 15.6. The van der Waals surface area contributed by atoms with Crippen molar-refractivity contribution in [1.82, 2.24) is 29.9 Å². The Morgan fingerprint density at radius 1 is 1.05 bits per heavy atom. The summed E-state index contributed by atoms with van der Waals surface area (Å²) in [6, 6.07) is 7.84. The highest BCUT2D eigenvalue weighted by Gasteiger charge is 2.62. The highest BCUT2D eigenvalue weighted by atomic mass is 35.5. The number of nitrogens with zero attached hydrogens (tertiary/aromatic N) is 5. The summed E-state index contributed by atoms with van der Waals surface area (Å²) < 4.78 is 90.7. The van der Waals surface area contributed by atoms with E-state index in [2.05, 4.69) is 32.7 Å². The van der Waals surface area contributed by atoms with Crippen LogP contribution in [0.5, 0.6) is 0 Å². The van der Waals surface area contributed by atoms with Gasteiger partial charge in [0, 0.05) is 42.6 Å². The van der Waals surface area contributed by atoms with E-state index in [9.17, 15) is 32.3 Å².